The Labute approximate surface area is 208 Å². The smallest absolute Gasteiger partial charge is 0.274 e. The van der Waals surface area contributed by atoms with Gasteiger partial charge >= 0.3 is 0 Å². The molecule has 3 heterocycles. The average Bonchev–Trinajstić information content (AvgIpc) is 3.67. The number of pyridine rings is 1. The fourth-order valence-corrected chi connectivity index (χ4v) is 4.40. The molecular formula is C27H24N6O3. The molecule has 36 heavy (non-hydrogen) atoms. The van der Waals surface area contributed by atoms with Crippen LogP contribution in [0.4, 0.5) is 5.69 Å². The molecule has 0 bridgehead atoms. The lowest BCUT2D eigenvalue weighted by molar-refractivity contribution is 0.0611. The highest BCUT2D eigenvalue weighted by Crippen LogP contribution is 2.36. The first-order chi connectivity index (χ1) is 17.5. The van der Waals surface area contributed by atoms with Gasteiger partial charge in [-0.15, -0.1) is 12.3 Å². The normalized spacial score (nSPS) is 15.1. The van der Waals surface area contributed by atoms with Crippen LogP contribution >= 0.6 is 0 Å². The van der Waals surface area contributed by atoms with Crippen molar-refractivity contribution in [1.82, 2.24) is 15.2 Å². The lowest BCUT2D eigenvalue weighted by Crippen LogP contribution is -2.44. The van der Waals surface area contributed by atoms with E-state index in [9.17, 15) is 14.4 Å². The van der Waals surface area contributed by atoms with Crippen molar-refractivity contribution in [3.63, 3.8) is 0 Å². The summed E-state index contributed by atoms with van der Waals surface area (Å²) >= 11 is 0. The van der Waals surface area contributed by atoms with Crippen molar-refractivity contribution >= 4 is 34.2 Å². The van der Waals surface area contributed by atoms with E-state index in [-0.39, 0.29) is 29.7 Å². The molecule has 180 valence electrons. The summed E-state index contributed by atoms with van der Waals surface area (Å²) < 4.78 is 0. The molecule has 9 heteroatoms. The van der Waals surface area contributed by atoms with Crippen LogP contribution in [-0.2, 0) is 0 Å². The van der Waals surface area contributed by atoms with Gasteiger partial charge in [-0.1, -0.05) is 18.2 Å². The van der Waals surface area contributed by atoms with Crippen molar-refractivity contribution < 1.29 is 14.4 Å². The van der Waals surface area contributed by atoms with Crippen molar-refractivity contribution in [2.45, 2.75) is 24.9 Å². The second-order valence-corrected chi connectivity index (χ2v) is 8.75. The van der Waals surface area contributed by atoms with E-state index in [4.69, 9.17) is 6.42 Å². The maximum absolute atomic E-state index is 13.4. The zero-order chi connectivity index (χ0) is 25.1. The van der Waals surface area contributed by atoms with Crippen LogP contribution < -0.4 is 10.6 Å². The summed E-state index contributed by atoms with van der Waals surface area (Å²) in [4.78, 5) is 44.5. The molecule has 3 aromatic rings. The molecule has 0 saturated carbocycles. The maximum atomic E-state index is 13.4. The van der Waals surface area contributed by atoms with Crippen molar-refractivity contribution in [2.75, 3.05) is 25.0 Å². The second kappa shape index (κ2) is 9.68. The molecule has 9 nitrogen and oxygen atoms in total. The minimum Gasteiger partial charge on any atom is -0.321 e. The van der Waals surface area contributed by atoms with Gasteiger partial charge < -0.3 is 10.6 Å². The van der Waals surface area contributed by atoms with Gasteiger partial charge in [0.15, 0.2) is 5.66 Å². The highest BCUT2D eigenvalue weighted by Gasteiger charge is 2.38. The molecule has 0 spiro atoms. The number of terminal acetylenes is 1. The van der Waals surface area contributed by atoms with Gasteiger partial charge in [-0.05, 0) is 42.3 Å². The molecule has 3 amide bonds. The number of imide groups is 1. The number of nitrogens with one attached hydrogen (secondary N) is 2. The Bertz CT molecular complexity index is 1420. The molecule has 2 aliphatic heterocycles. The predicted octanol–water partition coefficient (Wildman–Crippen LogP) is 3.64. The highest BCUT2D eigenvalue weighted by molar-refractivity contribution is 6.26. The van der Waals surface area contributed by atoms with Gasteiger partial charge in [-0.2, -0.15) is 10.2 Å². The first kappa shape index (κ1) is 23.3. The highest BCUT2D eigenvalue weighted by atomic mass is 16.2. The van der Waals surface area contributed by atoms with Crippen molar-refractivity contribution in [2.24, 2.45) is 10.2 Å². The molecule has 0 atom stereocenters. The molecule has 0 fully saturated rings. The monoisotopic (exact) mass is 480 g/mol. The lowest BCUT2D eigenvalue weighted by atomic mass is 9.93. The Morgan fingerprint density at radius 1 is 1.00 bits per heavy atom. The lowest BCUT2D eigenvalue weighted by Gasteiger charge is -2.28. The van der Waals surface area contributed by atoms with Crippen LogP contribution in [0.2, 0.25) is 0 Å². The number of aromatic nitrogens is 1. The van der Waals surface area contributed by atoms with Crippen molar-refractivity contribution in [1.29, 1.82) is 0 Å². The Balaban J connectivity index is 1.29. The number of carbonyl (C=O) groups is 3. The van der Waals surface area contributed by atoms with Crippen LogP contribution in [0.15, 0.2) is 65.0 Å². The summed E-state index contributed by atoms with van der Waals surface area (Å²) in [5.41, 5.74) is 1.19. The molecule has 2 aromatic carbocycles. The van der Waals surface area contributed by atoms with Gasteiger partial charge in [0, 0.05) is 55.2 Å². The molecule has 0 saturated heterocycles. The van der Waals surface area contributed by atoms with E-state index in [0.29, 0.717) is 47.1 Å². The standard InChI is InChI=1S/C27H24N6O3/c1-2-3-10-27(31-32-27)11-13-28-14-15-33-25(35)20-8-6-7-18-16-19(17-21(23(18)20)26(33)36)30-24(34)22-9-4-5-12-29-22/h1,4-9,12,16-17,28H,3,10-11,13-15H2,(H,30,34). The summed E-state index contributed by atoms with van der Waals surface area (Å²) in [6, 6.07) is 13.8. The molecule has 0 unspecified atom stereocenters. The molecule has 2 aliphatic rings. The fourth-order valence-electron chi connectivity index (χ4n) is 4.40. The topological polar surface area (TPSA) is 116 Å². The van der Waals surface area contributed by atoms with E-state index in [1.165, 1.54) is 11.1 Å². The molecule has 0 aliphatic carbocycles. The van der Waals surface area contributed by atoms with E-state index >= 15 is 0 Å². The third-order valence-corrected chi connectivity index (χ3v) is 6.35. The number of anilines is 1. The zero-order valence-corrected chi connectivity index (χ0v) is 19.5. The fraction of sp³-hybridized carbons (Fsp3) is 0.259. The quantitative estimate of drug-likeness (QED) is 0.261. The number of hydrogen-bond acceptors (Lipinski definition) is 7. The van der Waals surface area contributed by atoms with E-state index in [1.807, 2.05) is 6.07 Å². The third kappa shape index (κ3) is 4.59. The Kier molecular flexibility index (Phi) is 6.27. The number of hydrogen-bond donors (Lipinski definition) is 2. The van der Waals surface area contributed by atoms with E-state index in [2.05, 4.69) is 31.8 Å². The SMILES string of the molecule is C#CCCC1(CCNCCN2C(=O)c3cccc4cc(NC(=O)c5ccccn5)cc(c34)C2=O)N=N1. The van der Waals surface area contributed by atoms with Gasteiger partial charge in [0.2, 0.25) is 0 Å². The van der Waals surface area contributed by atoms with Gasteiger partial charge in [0.05, 0.1) is 5.56 Å². The minimum atomic E-state index is -0.392. The summed E-state index contributed by atoms with van der Waals surface area (Å²) in [5.74, 6) is 1.50. The van der Waals surface area contributed by atoms with Gasteiger partial charge in [-0.3, -0.25) is 24.3 Å². The Hall–Kier alpha value is -4.42. The molecule has 5 rings (SSSR count). The molecule has 2 N–H and O–H groups in total. The van der Waals surface area contributed by atoms with Crippen LogP contribution in [0.3, 0.4) is 0 Å². The van der Waals surface area contributed by atoms with Crippen LogP contribution in [0.5, 0.6) is 0 Å². The Morgan fingerprint density at radius 3 is 2.58 bits per heavy atom. The average molecular weight is 481 g/mol. The van der Waals surface area contributed by atoms with Crippen LogP contribution in [0.1, 0.15) is 50.5 Å². The second-order valence-electron chi connectivity index (χ2n) is 8.75. The molecule has 0 radical (unpaired) electrons. The molecular weight excluding hydrogens is 456 g/mol. The number of nitrogens with zero attached hydrogens (tertiary/aromatic N) is 4. The van der Waals surface area contributed by atoms with Gasteiger partial charge in [0.25, 0.3) is 17.7 Å². The van der Waals surface area contributed by atoms with Crippen LogP contribution in [0, 0.1) is 12.3 Å². The number of amides is 3. The maximum Gasteiger partial charge on any atom is 0.274 e. The summed E-state index contributed by atoms with van der Waals surface area (Å²) in [6.45, 7) is 1.29. The van der Waals surface area contributed by atoms with Crippen molar-refractivity contribution in [3.05, 3.63) is 71.5 Å². The summed E-state index contributed by atoms with van der Waals surface area (Å²) in [6.07, 6.45) is 8.94. The summed E-state index contributed by atoms with van der Waals surface area (Å²) in [7, 11) is 0. The zero-order valence-electron chi connectivity index (χ0n) is 19.5. The van der Waals surface area contributed by atoms with E-state index in [0.717, 1.165) is 12.8 Å². The predicted molar refractivity (Wildman–Crippen MR) is 135 cm³/mol. The van der Waals surface area contributed by atoms with E-state index in [1.54, 1.807) is 42.5 Å². The largest absolute Gasteiger partial charge is 0.321 e. The first-order valence-electron chi connectivity index (χ1n) is 11.7. The van der Waals surface area contributed by atoms with Crippen molar-refractivity contribution in [3.8, 4) is 12.3 Å². The minimum absolute atomic E-state index is 0.212. The third-order valence-electron chi connectivity index (χ3n) is 6.35. The number of rotatable bonds is 10. The first-order valence-corrected chi connectivity index (χ1v) is 11.7. The van der Waals surface area contributed by atoms with Crippen LogP contribution in [0.25, 0.3) is 10.8 Å². The van der Waals surface area contributed by atoms with E-state index < -0.39 is 5.91 Å². The van der Waals surface area contributed by atoms with Gasteiger partial charge in [-0.25, -0.2) is 0 Å². The van der Waals surface area contributed by atoms with Crippen LogP contribution in [-0.4, -0.2) is 52.9 Å². The number of benzene rings is 2. The summed E-state index contributed by atoms with van der Waals surface area (Å²) in [5, 5.41) is 15.6. The van der Waals surface area contributed by atoms with Gasteiger partial charge in [0.1, 0.15) is 5.69 Å². The molecule has 1 aromatic heterocycles. The Morgan fingerprint density at radius 2 is 1.83 bits per heavy atom. The number of carbonyl (C=O) groups excluding carboxylic acids is 3.